The molecule has 0 atom stereocenters. The van der Waals surface area contributed by atoms with E-state index >= 15 is 0 Å². The second kappa shape index (κ2) is 8.63. The summed E-state index contributed by atoms with van der Waals surface area (Å²) in [5.74, 6) is 0.393. The number of hydrogen-bond acceptors (Lipinski definition) is 3. The van der Waals surface area contributed by atoms with Crippen LogP contribution < -0.4 is 10.2 Å². The minimum Gasteiger partial charge on any atom is -0.489 e. The van der Waals surface area contributed by atoms with Crippen LogP contribution in [0.4, 0.5) is 0 Å². The van der Waals surface area contributed by atoms with Crippen molar-refractivity contribution in [3.63, 3.8) is 0 Å². The van der Waals surface area contributed by atoms with Crippen molar-refractivity contribution < 1.29 is 9.53 Å². The van der Waals surface area contributed by atoms with E-state index in [1.807, 2.05) is 54.7 Å². The molecule has 0 saturated heterocycles. The van der Waals surface area contributed by atoms with Gasteiger partial charge in [0.15, 0.2) is 0 Å². The Morgan fingerprint density at radius 2 is 1.79 bits per heavy atom. The van der Waals surface area contributed by atoms with Crippen LogP contribution in [0.1, 0.15) is 21.5 Å². The molecule has 0 aliphatic heterocycles. The summed E-state index contributed by atoms with van der Waals surface area (Å²) in [6.07, 6.45) is 3.48. The van der Waals surface area contributed by atoms with Gasteiger partial charge >= 0.3 is 0 Å². The Morgan fingerprint density at radius 3 is 2.59 bits per heavy atom. The number of carbonyl (C=O) groups is 1. The SMILES string of the molecule is O=C(N/N=C/c1c[nH]c2ccccc12)c1ccc(OCc2ccc(Cl)cc2)cc1. The Balaban J connectivity index is 1.33. The second-order valence-electron chi connectivity index (χ2n) is 6.43. The third-order valence-corrected chi connectivity index (χ3v) is 4.68. The highest BCUT2D eigenvalue weighted by Crippen LogP contribution is 2.17. The number of carbonyl (C=O) groups excluding carboxylic acids is 1. The van der Waals surface area contributed by atoms with Crippen LogP contribution in [0, 0.1) is 0 Å². The topological polar surface area (TPSA) is 66.5 Å². The van der Waals surface area contributed by atoms with Gasteiger partial charge in [-0.25, -0.2) is 5.43 Å². The fourth-order valence-electron chi connectivity index (χ4n) is 2.88. The average Bonchev–Trinajstić information content (AvgIpc) is 3.17. The molecule has 0 saturated carbocycles. The van der Waals surface area contributed by atoms with Gasteiger partial charge in [0, 0.05) is 33.2 Å². The highest BCUT2D eigenvalue weighted by atomic mass is 35.5. The van der Waals surface area contributed by atoms with Gasteiger partial charge in [-0.1, -0.05) is 41.9 Å². The molecule has 144 valence electrons. The highest BCUT2D eigenvalue weighted by molar-refractivity contribution is 6.30. The number of hydrogen-bond donors (Lipinski definition) is 2. The Morgan fingerprint density at radius 1 is 1.03 bits per heavy atom. The molecule has 0 spiro atoms. The Labute approximate surface area is 173 Å². The van der Waals surface area contributed by atoms with Crippen LogP contribution in [-0.2, 0) is 6.61 Å². The molecule has 2 N–H and O–H groups in total. The quantitative estimate of drug-likeness (QED) is 0.344. The van der Waals surface area contributed by atoms with Crippen molar-refractivity contribution in [3.05, 3.63) is 101 Å². The van der Waals surface area contributed by atoms with Gasteiger partial charge in [0.05, 0.1) is 6.21 Å². The number of nitrogens with one attached hydrogen (secondary N) is 2. The molecule has 0 bridgehead atoms. The molecule has 0 fully saturated rings. The number of fused-ring (bicyclic) bond motifs is 1. The molecular formula is C23H18ClN3O2. The number of H-pyrrole nitrogens is 1. The monoisotopic (exact) mass is 403 g/mol. The number of nitrogens with zero attached hydrogens (tertiary/aromatic N) is 1. The molecule has 1 amide bonds. The molecule has 0 unspecified atom stereocenters. The molecule has 0 radical (unpaired) electrons. The van der Waals surface area contributed by atoms with E-state index < -0.39 is 0 Å². The lowest BCUT2D eigenvalue weighted by molar-refractivity contribution is 0.0955. The summed E-state index contributed by atoms with van der Waals surface area (Å²) in [5, 5.41) is 5.80. The van der Waals surface area contributed by atoms with Crippen LogP contribution in [0.2, 0.25) is 5.02 Å². The normalized spacial score (nSPS) is 11.1. The maximum atomic E-state index is 12.3. The van der Waals surface area contributed by atoms with E-state index in [0.717, 1.165) is 22.0 Å². The van der Waals surface area contributed by atoms with Crippen LogP contribution in [0.25, 0.3) is 10.9 Å². The Kier molecular flexibility index (Phi) is 5.59. The minimum atomic E-state index is -0.287. The first kappa shape index (κ1) is 18.8. The van der Waals surface area contributed by atoms with Gasteiger partial charge in [0.25, 0.3) is 5.91 Å². The number of benzene rings is 3. The second-order valence-corrected chi connectivity index (χ2v) is 6.86. The zero-order chi connectivity index (χ0) is 20.1. The van der Waals surface area contributed by atoms with Crippen molar-refractivity contribution in [1.29, 1.82) is 0 Å². The first-order chi connectivity index (χ1) is 14.2. The van der Waals surface area contributed by atoms with Gasteiger partial charge in [-0.3, -0.25) is 4.79 Å². The number of halogens is 1. The van der Waals surface area contributed by atoms with Crippen molar-refractivity contribution >= 4 is 34.6 Å². The summed E-state index contributed by atoms with van der Waals surface area (Å²) in [6, 6.07) is 22.3. The molecule has 0 aliphatic rings. The van der Waals surface area contributed by atoms with Gasteiger partial charge < -0.3 is 9.72 Å². The van der Waals surface area contributed by atoms with Gasteiger partial charge in [0.2, 0.25) is 0 Å². The summed E-state index contributed by atoms with van der Waals surface area (Å²) >= 11 is 5.88. The molecule has 3 aromatic carbocycles. The van der Waals surface area contributed by atoms with E-state index in [-0.39, 0.29) is 5.91 Å². The van der Waals surface area contributed by atoms with E-state index in [0.29, 0.717) is 22.9 Å². The third kappa shape index (κ3) is 4.65. The van der Waals surface area contributed by atoms with E-state index in [4.69, 9.17) is 16.3 Å². The maximum Gasteiger partial charge on any atom is 0.271 e. The summed E-state index contributed by atoms with van der Waals surface area (Å²) in [6.45, 7) is 0.428. The highest BCUT2D eigenvalue weighted by Gasteiger charge is 2.05. The summed E-state index contributed by atoms with van der Waals surface area (Å²) in [5.41, 5.74) is 6.00. The molecule has 1 heterocycles. The summed E-state index contributed by atoms with van der Waals surface area (Å²) in [7, 11) is 0. The molecular weight excluding hydrogens is 386 g/mol. The van der Waals surface area contributed by atoms with E-state index in [1.54, 1.807) is 30.5 Å². The van der Waals surface area contributed by atoms with Crippen LogP contribution in [-0.4, -0.2) is 17.1 Å². The maximum absolute atomic E-state index is 12.3. The molecule has 6 heteroatoms. The van der Waals surface area contributed by atoms with Crippen LogP contribution in [0.5, 0.6) is 5.75 Å². The summed E-state index contributed by atoms with van der Waals surface area (Å²) in [4.78, 5) is 15.4. The molecule has 1 aromatic heterocycles. The van der Waals surface area contributed by atoms with E-state index in [9.17, 15) is 4.79 Å². The Bertz CT molecular complexity index is 1150. The smallest absolute Gasteiger partial charge is 0.271 e. The van der Waals surface area contributed by atoms with Crippen molar-refractivity contribution in [1.82, 2.24) is 10.4 Å². The van der Waals surface area contributed by atoms with Gasteiger partial charge in [0.1, 0.15) is 12.4 Å². The molecule has 0 aliphatic carbocycles. The first-order valence-electron chi connectivity index (χ1n) is 9.06. The fraction of sp³-hybridized carbons (Fsp3) is 0.0435. The standard InChI is InChI=1S/C23H18ClN3O2/c24-19-9-5-16(6-10-19)15-29-20-11-7-17(8-12-20)23(28)27-26-14-18-13-25-22-4-2-1-3-21(18)22/h1-14,25H,15H2,(H,27,28)/b26-14+. The van der Waals surface area contributed by atoms with Crippen molar-refractivity contribution in [2.75, 3.05) is 0 Å². The van der Waals surface area contributed by atoms with Gasteiger partial charge in [-0.2, -0.15) is 5.10 Å². The van der Waals surface area contributed by atoms with E-state index in [1.165, 1.54) is 0 Å². The summed E-state index contributed by atoms with van der Waals surface area (Å²) < 4.78 is 5.73. The zero-order valence-electron chi connectivity index (χ0n) is 15.4. The first-order valence-corrected chi connectivity index (χ1v) is 9.44. The molecule has 29 heavy (non-hydrogen) atoms. The number of rotatable bonds is 6. The zero-order valence-corrected chi connectivity index (χ0v) is 16.2. The predicted molar refractivity (Wildman–Crippen MR) is 116 cm³/mol. The largest absolute Gasteiger partial charge is 0.489 e. The number of aromatic amines is 1. The van der Waals surface area contributed by atoms with Crippen molar-refractivity contribution in [3.8, 4) is 5.75 Å². The van der Waals surface area contributed by atoms with Crippen molar-refractivity contribution in [2.24, 2.45) is 5.10 Å². The Hall–Kier alpha value is -3.57. The van der Waals surface area contributed by atoms with E-state index in [2.05, 4.69) is 15.5 Å². The number of amides is 1. The number of para-hydroxylation sites is 1. The fourth-order valence-corrected chi connectivity index (χ4v) is 3.00. The number of hydrazone groups is 1. The lowest BCUT2D eigenvalue weighted by atomic mass is 10.2. The van der Waals surface area contributed by atoms with Crippen LogP contribution in [0.3, 0.4) is 0 Å². The number of aromatic nitrogens is 1. The average molecular weight is 404 g/mol. The van der Waals surface area contributed by atoms with Gasteiger partial charge in [-0.05, 0) is 48.0 Å². The van der Waals surface area contributed by atoms with Crippen LogP contribution >= 0.6 is 11.6 Å². The molecule has 4 aromatic rings. The van der Waals surface area contributed by atoms with Crippen LogP contribution in [0.15, 0.2) is 84.1 Å². The van der Waals surface area contributed by atoms with Crippen molar-refractivity contribution in [2.45, 2.75) is 6.61 Å². The lowest BCUT2D eigenvalue weighted by Crippen LogP contribution is -2.17. The molecule has 4 rings (SSSR count). The minimum absolute atomic E-state index is 0.287. The number of ether oxygens (including phenoxy) is 1. The van der Waals surface area contributed by atoms with Gasteiger partial charge in [-0.15, -0.1) is 0 Å². The third-order valence-electron chi connectivity index (χ3n) is 4.43. The predicted octanol–water partition coefficient (Wildman–Crippen LogP) is 5.16. The molecule has 5 nitrogen and oxygen atoms in total. The lowest BCUT2D eigenvalue weighted by Gasteiger charge is -2.07.